The molecule has 3 saturated heterocycles. The van der Waals surface area contributed by atoms with E-state index in [2.05, 4.69) is 0 Å². The minimum atomic E-state index is -2.10. The van der Waals surface area contributed by atoms with Crippen LogP contribution < -0.4 is 15.1 Å². The van der Waals surface area contributed by atoms with E-state index in [4.69, 9.17) is 32.8 Å². The number of anilines is 1. The first-order chi connectivity index (χ1) is 32.0. The highest BCUT2D eigenvalue weighted by molar-refractivity contribution is 6.06. The van der Waals surface area contributed by atoms with Gasteiger partial charge >= 0.3 is 5.97 Å². The fraction of sp³-hybridized carbons (Fsp3) is 0.477. The number of aliphatic hydroxyl groups is 10. The van der Waals surface area contributed by atoms with E-state index < -0.39 is 158 Å². The number of carbonyl (C=O) groups excluding carboxylic acids is 2. The number of aliphatic hydroxyl groups excluding tert-OH is 10. The molecule has 23 nitrogen and oxygen atoms in total. The number of phenols is 2. The highest BCUT2D eigenvalue weighted by Gasteiger charge is 2.54. The number of fused-ring (bicyclic) bond motifs is 2. The Balaban J connectivity index is 1.09. The number of aromatic hydroxyl groups is 2. The molecular weight excluding hydrogens is 894 g/mol. The molecule has 3 aromatic carbocycles. The second kappa shape index (κ2) is 19.3. The van der Waals surface area contributed by atoms with Crippen molar-refractivity contribution in [3.8, 4) is 28.6 Å². The molecule has 1 aromatic heterocycles. The van der Waals surface area contributed by atoms with Crippen LogP contribution in [0.1, 0.15) is 29.6 Å². The lowest BCUT2D eigenvalue weighted by molar-refractivity contribution is -0.342. The van der Waals surface area contributed by atoms with Crippen LogP contribution in [0, 0.1) is 0 Å². The lowest BCUT2D eigenvalue weighted by atomic mass is 9.89. The number of esters is 1. The summed E-state index contributed by atoms with van der Waals surface area (Å²) in [5.74, 6) is -4.17. The Morgan fingerprint density at radius 3 is 2.04 bits per heavy atom. The van der Waals surface area contributed by atoms with E-state index in [0.717, 1.165) is 11.0 Å². The molecule has 23 heteroatoms. The zero-order valence-electron chi connectivity index (χ0n) is 35.2. The zero-order valence-corrected chi connectivity index (χ0v) is 35.2. The maximum absolute atomic E-state index is 14.0. The third-order valence-electron chi connectivity index (χ3n) is 12.5. The van der Waals surface area contributed by atoms with Crippen molar-refractivity contribution >= 4 is 28.5 Å². The van der Waals surface area contributed by atoms with Crippen molar-refractivity contribution in [2.45, 2.75) is 104 Å². The molecule has 1 amide bonds. The summed E-state index contributed by atoms with van der Waals surface area (Å²) in [4.78, 5) is 42.3. The molecule has 0 radical (unpaired) electrons. The van der Waals surface area contributed by atoms with Gasteiger partial charge in [0.25, 0.3) is 0 Å². The number of amides is 1. The molecule has 362 valence electrons. The summed E-state index contributed by atoms with van der Waals surface area (Å²) in [7, 11) is 1.17. The van der Waals surface area contributed by atoms with Crippen molar-refractivity contribution in [3.05, 3.63) is 82.0 Å². The highest BCUT2D eigenvalue weighted by atomic mass is 16.7. The Kier molecular flexibility index (Phi) is 13.9. The van der Waals surface area contributed by atoms with Crippen molar-refractivity contribution < 1.29 is 104 Å². The van der Waals surface area contributed by atoms with Gasteiger partial charge in [-0.05, 0) is 35.9 Å². The lowest BCUT2D eigenvalue weighted by Crippen LogP contribution is -2.64. The molecular formula is C44H49NO22. The molecule has 0 bridgehead atoms. The largest absolute Gasteiger partial charge is 0.508 e. The molecule has 4 aromatic rings. The molecule has 0 saturated carbocycles. The standard InChI is InChI=1S/C44H49NO22/c1-61-23-12-24-29(21(49)11-22(63-24)16-6-8-17(48)9-7-16)34(54)30(23)40-41(67-44-39(59)36(56)32(52)26(14-47)66-44)37(57)33(53)27(64-40)15-62-28(50)10-19-18-4-2-3-5-20(18)45(42(19)60)43-38(58)35(55)31(51)25(13-46)65-43/h2-9,11-12,19,25-27,31-33,35-41,43-44,46-48,51-59H,10,13-15H2,1H3/t19?,25-,26-,27-,31-,32-,33-,35+,36+,37+,38-,39-,40+,41-,43-,44+/m1/s1. The zero-order chi connectivity index (χ0) is 48.2. The average Bonchev–Trinajstić information content (AvgIpc) is 3.59. The number of hydrogen-bond donors (Lipinski definition) is 12. The van der Waals surface area contributed by atoms with Crippen molar-refractivity contribution in [2.75, 3.05) is 31.8 Å². The Labute approximate surface area is 378 Å². The monoisotopic (exact) mass is 943 g/mol. The number of carbonyl (C=O) groups is 2. The van der Waals surface area contributed by atoms with Gasteiger partial charge in [-0.25, -0.2) is 0 Å². The van der Waals surface area contributed by atoms with Gasteiger partial charge in [-0.15, -0.1) is 0 Å². The first kappa shape index (κ1) is 48.1. The smallest absolute Gasteiger partial charge is 0.307 e. The van der Waals surface area contributed by atoms with Gasteiger partial charge in [-0.1, -0.05) is 18.2 Å². The summed E-state index contributed by atoms with van der Waals surface area (Å²) in [6, 6.07) is 14.1. The summed E-state index contributed by atoms with van der Waals surface area (Å²) < 4.78 is 40.4. The topological polar surface area (TPSA) is 366 Å². The summed E-state index contributed by atoms with van der Waals surface area (Å²) in [5, 5.41) is 127. The summed E-state index contributed by atoms with van der Waals surface area (Å²) >= 11 is 0. The van der Waals surface area contributed by atoms with Crippen LogP contribution in [0.4, 0.5) is 5.69 Å². The quantitative estimate of drug-likeness (QED) is 0.0634. The van der Waals surface area contributed by atoms with E-state index >= 15 is 0 Å². The van der Waals surface area contributed by atoms with Crippen LogP contribution in [0.2, 0.25) is 0 Å². The number of ether oxygens (including phenoxy) is 6. The fourth-order valence-corrected chi connectivity index (χ4v) is 8.88. The molecule has 4 aliphatic heterocycles. The first-order valence-electron chi connectivity index (χ1n) is 21.0. The molecule has 67 heavy (non-hydrogen) atoms. The SMILES string of the molecule is COc1cc2oc(-c3ccc(O)cc3)cc(=O)c2c(O)c1[C@@H]1O[C@H](COC(=O)CC2C(=O)N([C@@H]3O[C@H](CO)[C@@H](O)[C@H](O)[C@H]3O)c3ccccc32)[C@@H](O)[C@H](O)[C@H]1O[C@@H]1O[C@H](CO)[C@@H](O)[C@H](O)[C@H]1O. The second-order valence-corrected chi connectivity index (χ2v) is 16.5. The molecule has 8 rings (SSSR count). The highest BCUT2D eigenvalue weighted by Crippen LogP contribution is 2.47. The van der Waals surface area contributed by atoms with Crippen LogP contribution in [-0.4, -0.2) is 186 Å². The maximum atomic E-state index is 14.0. The van der Waals surface area contributed by atoms with E-state index in [-0.39, 0.29) is 34.1 Å². The van der Waals surface area contributed by atoms with Crippen LogP contribution in [0.25, 0.3) is 22.3 Å². The van der Waals surface area contributed by atoms with E-state index in [1.807, 2.05) is 0 Å². The van der Waals surface area contributed by atoms with Gasteiger partial charge in [0, 0.05) is 17.7 Å². The third kappa shape index (κ3) is 8.72. The van der Waals surface area contributed by atoms with Crippen LogP contribution in [0.15, 0.2) is 69.9 Å². The van der Waals surface area contributed by atoms with Gasteiger partial charge in [0.15, 0.2) is 17.9 Å². The minimum absolute atomic E-state index is 0.0363. The Morgan fingerprint density at radius 1 is 0.731 bits per heavy atom. The number of rotatable bonds is 12. The van der Waals surface area contributed by atoms with Gasteiger partial charge in [-0.3, -0.25) is 19.3 Å². The Bertz CT molecular complexity index is 2500. The van der Waals surface area contributed by atoms with Gasteiger partial charge in [0.1, 0.15) is 120 Å². The summed E-state index contributed by atoms with van der Waals surface area (Å²) in [6.45, 7) is -2.47. The molecule has 5 heterocycles. The molecule has 0 aliphatic carbocycles. The van der Waals surface area contributed by atoms with Gasteiger partial charge < -0.3 is 94.1 Å². The number of nitrogens with zero attached hydrogens (tertiary/aromatic N) is 1. The maximum Gasteiger partial charge on any atom is 0.307 e. The van der Waals surface area contributed by atoms with E-state index in [9.17, 15) is 75.7 Å². The average molecular weight is 944 g/mol. The predicted molar refractivity (Wildman–Crippen MR) is 222 cm³/mol. The third-order valence-corrected chi connectivity index (χ3v) is 12.5. The van der Waals surface area contributed by atoms with Crippen molar-refractivity contribution in [2.24, 2.45) is 0 Å². The molecule has 12 N–H and O–H groups in total. The number of hydrogen-bond acceptors (Lipinski definition) is 22. The van der Waals surface area contributed by atoms with E-state index in [1.54, 1.807) is 12.1 Å². The second-order valence-electron chi connectivity index (χ2n) is 16.5. The number of para-hydroxylation sites is 1. The van der Waals surface area contributed by atoms with Crippen molar-refractivity contribution in [1.82, 2.24) is 0 Å². The first-order valence-corrected chi connectivity index (χ1v) is 21.0. The van der Waals surface area contributed by atoms with Gasteiger partial charge in [0.05, 0.1) is 43.9 Å². The van der Waals surface area contributed by atoms with Gasteiger partial charge in [0.2, 0.25) is 5.91 Å². The minimum Gasteiger partial charge on any atom is -0.508 e. The Hall–Kier alpha value is -5.35. The van der Waals surface area contributed by atoms with Crippen molar-refractivity contribution in [1.29, 1.82) is 0 Å². The molecule has 4 aliphatic rings. The molecule has 0 spiro atoms. The van der Waals surface area contributed by atoms with E-state index in [1.165, 1.54) is 49.6 Å². The molecule has 3 fully saturated rings. The van der Waals surface area contributed by atoms with Gasteiger partial charge in [-0.2, -0.15) is 0 Å². The molecule has 16 atom stereocenters. The van der Waals surface area contributed by atoms with Crippen LogP contribution >= 0.6 is 0 Å². The summed E-state index contributed by atoms with van der Waals surface area (Å²) in [6.07, 6.45) is -27.7. The van der Waals surface area contributed by atoms with Crippen LogP contribution in [0.5, 0.6) is 17.2 Å². The van der Waals surface area contributed by atoms with Crippen molar-refractivity contribution in [3.63, 3.8) is 0 Å². The van der Waals surface area contributed by atoms with Crippen LogP contribution in [-0.2, 0) is 33.3 Å². The lowest BCUT2D eigenvalue weighted by Gasteiger charge is -2.46. The number of methoxy groups -OCH3 is 1. The molecule has 1 unspecified atom stereocenters. The predicted octanol–water partition coefficient (Wildman–Crippen LogP) is -2.91. The normalized spacial score (nSPS) is 34.3. The fourth-order valence-electron chi connectivity index (χ4n) is 8.88. The Morgan fingerprint density at radius 2 is 1.37 bits per heavy atom. The number of benzene rings is 3. The van der Waals surface area contributed by atoms with E-state index in [0.29, 0.717) is 5.56 Å². The summed E-state index contributed by atoms with van der Waals surface area (Å²) in [5.41, 5.74) is -0.519. The van der Waals surface area contributed by atoms with Crippen LogP contribution in [0.3, 0.4) is 0 Å². The number of phenolic OH excluding ortho intramolecular Hbond substituents is 2.